The fourth-order valence-corrected chi connectivity index (χ4v) is 0.987. The molecule has 82 valence electrons. The minimum atomic E-state index is -0.755. The van der Waals surface area contributed by atoms with Crippen molar-refractivity contribution in [1.82, 2.24) is 0 Å². The van der Waals surface area contributed by atoms with E-state index in [1.54, 1.807) is 13.8 Å². The van der Waals surface area contributed by atoms with E-state index in [0.29, 0.717) is 0 Å². The number of carbonyl (C=O) groups excluding carboxylic acids is 1. The summed E-state index contributed by atoms with van der Waals surface area (Å²) < 4.78 is 30.2. The van der Waals surface area contributed by atoms with Gasteiger partial charge < -0.3 is 4.74 Å². The Morgan fingerprint density at radius 2 is 1.80 bits per heavy atom. The van der Waals surface area contributed by atoms with Gasteiger partial charge in [-0.15, -0.1) is 0 Å². The molecule has 0 fully saturated rings. The van der Waals surface area contributed by atoms with Gasteiger partial charge in [-0.3, -0.25) is 5.32 Å². The lowest BCUT2D eigenvalue weighted by molar-refractivity contribution is 0.130. The Balaban J connectivity index is 2.68. The fourth-order valence-electron chi connectivity index (χ4n) is 0.987. The highest BCUT2D eigenvalue weighted by Crippen LogP contribution is 2.13. The first-order valence-electron chi connectivity index (χ1n) is 4.41. The molecule has 0 saturated heterocycles. The van der Waals surface area contributed by atoms with Crippen molar-refractivity contribution in [3.8, 4) is 0 Å². The maximum atomic E-state index is 12.7. The van der Waals surface area contributed by atoms with Gasteiger partial charge in [0.2, 0.25) is 0 Å². The van der Waals surface area contributed by atoms with Crippen LogP contribution in [0.1, 0.15) is 13.8 Å². The monoisotopic (exact) mass is 215 g/mol. The third-order valence-electron chi connectivity index (χ3n) is 1.45. The summed E-state index contributed by atoms with van der Waals surface area (Å²) in [5.41, 5.74) is 0.0261. The first-order chi connectivity index (χ1) is 6.97. The smallest absolute Gasteiger partial charge is 0.411 e. The molecule has 0 unspecified atom stereocenters. The first kappa shape index (κ1) is 11.4. The van der Waals surface area contributed by atoms with E-state index in [2.05, 4.69) is 5.32 Å². The Labute approximate surface area is 86.0 Å². The standard InChI is InChI=1S/C10H11F2NO2/c1-6(2)15-10(14)13-9-4-7(11)3-8(12)5-9/h3-6H,1-2H3,(H,13,14). The number of nitrogens with one attached hydrogen (secondary N) is 1. The summed E-state index contributed by atoms with van der Waals surface area (Å²) in [4.78, 5) is 11.1. The number of hydrogen-bond donors (Lipinski definition) is 1. The van der Waals surface area contributed by atoms with Crippen LogP contribution in [0.2, 0.25) is 0 Å². The van der Waals surface area contributed by atoms with Crippen molar-refractivity contribution >= 4 is 11.8 Å². The van der Waals surface area contributed by atoms with Gasteiger partial charge in [0.15, 0.2) is 0 Å². The molecule has 0 saturated carbocycles. The van der Waals surface area contributed by atoms with Crippen LogP contribution in [-0.2, 0) is 4.74 Å². The molecule has 1 aromatic carbocycles. The van der Waals surface area contributed by atoms with Crippen LogP contribution >= 0.6 is 0 Å². The molecule has 1 rings (SSSR count). The Morgan fingerprint density at radius 1 is 1.27 bits per heavy atom. The summed E-state index contributed by atoms with van der Waals surface area (Å²) in [7, 11) is 0. The van der Waals surface area contributed by atoms with E-state index in [-0.39, 0.29) is 11.8 Å². The van der Waals surface area contributed by atoms with Gasteiger partial charge >= 0.3 is 6.09 Å². The average molecular weight is 215 g/mol. The fraction of sp³-hybridized carbons (Fsp3) is 0.300. The lowest BCUT2D eigenvalue weighted by Crippen LogP contribution is -2.18. The van der Waals surface area contributed by atoms with Crippen LogP contribution in [0.3, 0.4) is 0 Å². The van der Waals surface area contributed by atoms with Gasteiger partial charge in [0.25, 0.3) is 0 Å². The van der Waals surface area contributed by atoms with Crippen molar-refractivity contribution in [2.24, 2.45) is 0 Å². The van der Waals surface area contributed by atoms with Gasteiger partial charge in [0.1, 0.15) is 11.6 Å². The Kier molecular flexibility index (Phi) is 3.60. The number of ether oxygens (including phenoxy) is 1. The zero-order valence-electron chi connectivity index (χ0n) is 8.38. The molecule has 0 aliphatic heterocycles. The SMILES string of the molecule is CC(C)OC(=O)Nc1cc(F)cc(F)c1. The number of carbonyl (C=O) groups is 1. The highest BCUT2D eigenvalue weighted by molar-refractivity contribution is 5.84. The molecule has 0 aliphatic carbocycles. The second-order valence-corrected chi connectivity index (χ2v) is 3.24. The molecule has 0 aromatic heterocycles. The third-order valence-corrected chi connectivity index (χ3v) is 1.45. The van der Waals surface area contributed by atoms with Crippen LogP contribution in [-0.4, -0.2) is 12.2 Å². The largest absolute Gasteiger partial charge is 0.447 e. The van der Waals surface area contributed by atoms with Crippen LogP contribution in [0.25, 0.3) is 0 Å². The number of anilines is 1. The average Bonchev–Trinajstić information content (AvgIpc) is 1.98. The molecule has 5 heteroatoms. The van der Waals surface area contributed by atoms with Gasteiger partial charge in [-0.05, 0) is 26.0 Å². The van der Waals surface area contributed by atoms with Crippen molar-refractivity contribution in [2.45, 2.75) is 20.0 Å². The maximum Gasteiger partial charge on any atom is 0.411 e. The topological polar surface area (TPSA) is 38.3 Å². The van der Waals surface area contributed by atoms with E-state index in [9.17, 15) is 13.6 Å². The molecule has 3 nitrogen and oxygen atoms in total. The first-order valence-corrected chi connectivity index (χ1v) is 4.41. The van der Waals surface area contributed by atoms with Crippen molar-refractivity contribution in [1.29, 1.82) is 0 Å². The van der Waals surface area contributed by atoms with E-state index >= 15 is 0 Å². The molecule has 0 heterocycles. The minimum Gasteiger partial charge on any atom is -0.447 e. The Morgan fingerprint density at radius 3 is 2.27 bits per heavy atom. The van der Waals surface area contributed by atoms with Crippen molar-refractivity contribution in [3.05, 3.63) is 29.8 Å². The highest BCUT2D eigenvalue weighted by Gasteiger charge is 2.07. The molecule has 0 aliphatic rings. The van der Waals surface area contributed by atoms with Gasteiger partial charge in [-0.1, -0.05) is 0 Å². The zero-order chi connectivity index (χ0) is 11.4. The molecule has 0 bridgehead atoms. The number of halogens is 2. The maximum absolute atomic E-state index is 12.7. The molecule has 15 heavy (non-hydrogen) atoms. The Hall–Kier alpha value is -1.65. The summed E-state index contributed by atoms with van der Waals surface area (Å²) in [5.74, 6) is -1.51. The predicted molar refractivity (Wildman–Crippen MR) is 51.6 cm³/mol. The summed E-state index contributed by atoms with van der Waals surface area (Å²) in [6.07, 6.45) is -1.03. The van der Waals surface area contributed by atoms with Crippen molar-refractivity contribution < 1.29 is 18.3 Å². The van der Waals surface area contributed by atoms with Gasteiger partial charge in [0.05, 0.1) is 6.10 Å². The van der Waals surface area contributed by atoms with E-state index in [1.807, 2.05) is 0 Å². The predicted octanol–water partition coefficient (Wildman–Crippen LogP) is 2.92. The van der Waals surface area contributed by atoms with E-state index < -0.39 is 17.7 Å². The van der Waals surface area contributed by atoms with Crippen LogP contribution in [0.15, 0.2) is 18.2 Å². The molecular weight excluding hydrogens is 204 g/mol. The van der Waals surface area contributed by atoms with Crippen molar-refractivity contribution in [3.63, 3.8) is 0 Å². The second kappa shape index (κ2) is 4.72. The van der Waals surface area contributed by atoms with Gasteiger partial charge in [-0.25, -0.2) is 13.6 Å². The molecule has 0 radical (unpaired) electrons. The summed E-state index contributed by atoms with van der Waals surface area (Å²) in [6, 6.07) is 2.73. The normalized spacial score (nSPS) is 10.2. The minimum absolute atomic E-state index is 0.0261. The Bertz CT molecular complexity index is 346. The molecule has 0 spiro atoms. The quantitative estimate of drug-likeness (QED) is 0.823. The lowest BCUT2D eigenvalue weighted by atomic mass is 10.3. The molecule has 1 aromatic rings. The summed E-state index contributed by atoms with van der Waals surface area (Å²) in [5, 5.41) is 2.21. The molecule has 1 N–H and O–H groups in total. The highest BCUT2D eigenvalue weighted by atomic mass is 19.1. The molecular formula is C10H11F2NO2. The van der Waals surface area contributed by atoms with Gasteiger partial charge in [0, 0.05) is 11.8 Å². The lowest BCUT2D eigenvalue weighted by Gasteiger charge is -2.09. The summed E-state index contributed by atoms with van der Waals surface area (Å²) >= 11 is 0. The number of hydrogen-bond acceptors (Lipinski definition) is 2. The van der Waals surface area contributed by atoms with Gasteiger partial charge in [-0.2, -0.15) is 0 Å². The third kappa shape index (κ3) is 3.93. The van der Waals surface area contributed by atoms with Crippen LogP contribution < -0.4 is 5.32 Å². The second-order valence-electron chi connectivity index (χ2n) is 3.24. The number of amides is 1. The summed E-state index contributed by atoms with van der Waals surface area (Å²) in [6.45, 7) is 3.34. The van der Waals surface area contributed by atoms with Crippen LogP contribution in [0, 0.1) is 11.6 Å². The zero-order valence-corrected chi connectivity index (χ0v) is 8.38. The number of benzene rings is 1. The molecule has 0 atom stereocenters. The van der Waals surface area contributed by atoms with Crippen LogP contribution in [0.5, 0.6) is 0 Å². The van der Waals surface area contributed by atoms with E-state index in [4.69, 9.17) is 4.74 Å². The van der Waals surface area contributed by atoms with Crippen molar-refractivity contribution in [2.75, 3.05) is 5.32 Å². The van der Waals surface area contributed by atoms with Crippen LogP contribution in [0.4, 0.5) is 19.3 Å². The molecule has 1 amide bonds. The number of rotatable bonds is 2. The van der Waals surface area contributed by atoms with E-state index in [0.717, 1.165) is 18.2 Å². The van der Waals surface area contributed by atoms with E-state index in [1.165, 1.54) is 0 Å².